The molecule has 0 radical (unpaired) electrons. The van der Waals surface area contributed by atoms with Gasteiger partial charge in [-0.05, 0) is 19.8 Å². The molecule has 0 N–H and O–H groups in total. The van der Waals surface area contributed by atoms with E-state index in [9.17, 15) is 4.79 Å². The highest BCUT2D eigenvalue weighted by Gasteiger charge is 2.01. The third kappa shape index (κ3) is 11.2. The summed E-state index contributed by atoms with van der Waals surface area (Å²) in [6, 6.07) is 2.04. The molecule has 0 unspecified atom stereocenters. The van der Waals surface area contributed by atoms with E-state index in [4.69, 9.17) is 14.7 Å². The minimum Gasteiger partial charge on any atom is -0.462 e. The number of nitrogens with zero attached hydrogens (tertiary/aromatic N) is 1. The van der Waals surface area contributed by atoms with E-state index in [0.717, 1.165) is 38.7 Å². The molecule has 0 heterocycles. The number of hydrogen-bond donors (Lipinski definition) is 0. The molecule has 0 aliphatic rings. The molecule has 0 aromatic rings. The Hall–Kier alpha value is -1.34. The van der Waals surface area contributed by atoms with Crippen molar-refractivity contribution in [2.75, 3.05) is 19.8 Å². The second-order valence-corrected chi connectivity index (χ2v) is 4.20. The molecular formula is C14H23NO3. The van der Waals surface area contributed by atoms with Crippen molar-refractivity contribution in [3.63, 3.8) is 0 Å². The summed E-state index contributed by atoms with van der Waals surface area (Å²) in [4.78, 5) is 11.0. The van der Waals surface area contributed by atoms with E-state index in [-0.39, 0.29) is 5.97 Å². The zero-order valence-corrected chi connectivity index (χ0v) is 11.2. The summed E-state index contributed by atoms with van der Waals surface area (Å²) in [7, 11) is 0. The first-order valence-corrected chi connectivity index (χ1v) is 6.45. The molecular weight excluding hydrogens is 230 g/mol. The van der Waals surface area contributed by atoms with Gasteiger partial charge < -0.3 is 9.47 Å². The van der Waals surface area contributed by atoms with Crippen molar-refractivity contribution in [1.82, 2.24) is 0 Å². The minimum absolute atomic E-state index is 0.305. The van der Waals surface area contributed by atoms with E-state index in [1.165, 1.54) is 0 Å². The van der Waals surface area contributed by atoms with Crippen LogP contribution in [-0.2, 0) is 14.3 Å². The third-order valence-electron chi connectivity index (χ3n) is 2.37. The number of nitriles is 1. The number of rotatable bonds is 11. The van der Waals surface area contributed by atoms with Gasteiger partial charge in [0, 0.05) is 12.2 Å². The molecule has 0 bridgehead atoms. The van der Waals surface area contributed by atoms with E-state index in [2.05, 4.69) is 6.58 Å². The second-order valence-electron chi connectivity index (χ2n) is 4.20. The van der Waals surface area contributed by atoms with Gasteiger partial charge in [-0.1, -0.05) is 25.8 Å². The molecule has 0 aliphatic carbocycles. The topological polar surface area (TPSA) is 59.3 Å². The van der Waals surface area contributed by atoms with Crippen LogP contribution in [0.5, 0.6) is 0 Å². The lowest BCUT2D eigenvalue weighted by atomic mass is 10.1. The average molecular weight is 253 g/mol. The SMILES string of the molecule is C=C(C)C(=O)OCCCCCCCOCCC#N. The molecule has 18 heavy (non-hydrogen) atoms. The fourth-order valence-corrected chi connectivity index (χ4v) is 1.34. The van der Waals surface area contributed by atoms with E-state index in [1.54, 1.807) is 6.92 Å². The lowest BCUT2D eigenvalue weighted by molar-refractivity contribution is -0.139. The van der Waals surface area contributed by atoms with Crippen LogP contribution in [0.4, 0.5) is 0 Å². The van der Waals surface area contributed by atoms with Gasteiger partial charge >= 0.3 is 5.97 Å². The molecule has 0 amide bonds. The Kier molecular flexibility index (Phi) is 11.2. The molecule has 0 saturated carbocycles. The first-order valence-electron chi connectivity index (χ1n) is 6.45. The maximum atomic E-state index is 11.0. The van der Waals surface area contributed by atoms with Crippen LogP contribution in [-0.4, -0.2) is 25.8 Å². The number of hydrogen-bond acceptors (Lipinski definition) is 4. The highest BCUT2D eigenvalue weighted by Crippen LogP contribution is 2.04. The van der Waals surface area contributed by atoms with E-state index < -0.39 is 0 Å². The molecule has 102 valence electrons. The van der Waals surface area contributed by atoms with E-state index in [0.29, 0.717) is 25.2 Å². The van der Waals surface area contributed by atoms with Crippen LogP contribution >= 0.6 is 0 Å². The summed E-state index contributed by atoms with van der Waals surface area (Å²) in [5, 5.41) is 8.29. The summed E-state index contributed by atoms with van der Waals surface area (Å²) in [6.45, 7) is 6.90. The monoisotopic (exact) mass is 253 g/mol. The van der Waals surface area contributed by atoms with Crippen LogP contribution in [0.1, 0.15) is 45.4 Å². The largest absolute Gasteiger partial charge is 0.462 e. The van der Waals surface area contributed by atoms with Gasteiger partial charge in [-0.15, -0.1) is 0 Å². The van der Waals surface area contributed by atoms with Crippen molar-refractivity contribution < 1.29 is 14.3 Å². The maximum absolute atomic E-state index is 11.0. The highest BCUT2D eigenvalue weighted by molar-refractivity contribution is 5.86. The van der Waals surface area contributed by atoms with Crippen LogP contribution in [0.2, 0.25) is 0 Å². The van der Waals surface area contributed by atoms with Crippen molar-refractivity contribution in [2.45, 2.75) is 45.4 Å². The summed E-state index contributed by atoms with van der Waals surface area (Å²) in [6.07, 6.45) is 5.67. The van der Waals surface area contributed by atoms with Gasteiger partial charge in [-0.2, -0.15) is 5.26 Å². The molecule has 4 nitrogen and oxygen atoms in total. The molecule has 0 atom stereocenters. The number of esters is 1. The van der Waals surface area contributed by atoms with Gasteiger partial charge in [0.2, 0.25) is 0 Å². The molecule has 0 rings (SSSR count). The van der Waals surface area contributed by atoms with Crippen molar-refractivity contribution in [1.29, 1.82) is 5.26 Å². The summed E-state index contributed by atoms with van der Waals surface area (Å²) >= 11 is 0. The standard InChI is InChI=1S/C14H23NO3/c1-13(2)14(16)18-12-7-5-3-4-6-10-17-11-8-9-15/h1,3-8,10-12H2,2H3. The van der Waals surface area contributed by atoms with Crippen LogP contribution in [0.3, 0.4) is 0 Å². The summed E-state index contributed by atoms with van der Waals surface area (Å²) in [5.74, 6) is -0.305. The Balaban J connectivity index is 3.10. The van der Waals surface area contributed by atoms with E-state index in [1.807, 2.05) is 6.07 Å². The zero-order chi connectivity index (χ0) is 13.6. The van der Waals surface area contributed by atoms with Crippen molar-refractivity contribution in [2.24, 2.45) is 0 Å². The lowest BCUT2D eigenvalue weighted by Crippen LogP contribution is -2.06. The molecule has 0 spiro atoms. The number of carbonyl (C=O) groups excluding carboxylic acids is 1. The summed E-state index contributed by atoms with van der Waals surface area (Å²) < 4.78 is 10.2. The molecule has 4 heteroatoms. The predicted octanol–water partition coefficient (Wildman–Crippen LogP) is 2.99. The normalized spacial score (nSPS) is 9.78. The lowest BCUT2D eigenvalue weighted by Gasteiger charge is -2.04. The quantitative estimate of drug-likeness (QED) is 0.322. The van der Waals surface area contributed by atoms with Gasteiger partial charge in [-0.3, -0.25) is 0 Å². The zero-order valence-electron chi connectivity index (χ0n) is 11.2. The smallest absolute Gasteiger partial charge is 0.333 e. The molecule has 0 saturated heterocycles. The Bertz CT molecular complexity index is 281. The maximum Gasteiger partial charge on any atom is 0.333 e. The first-order chi connectivity index (χ1) is 8.68. The predicted molar refractivity (Wildman–Crippen MR) is 69.9 cm³/mol. The van der Waals surface area contributed by atoms with Crippen LogP contribution in [0.15, 0.2) is 12.2 Å². The molecule has 0 aromatic carbocycles. The number of carbonyl (C=O) groups is 1. The van der Waals surface area contributed by atoms with Gasteiger partial charge in [0.1, 0.15) is 0 Å². The highest BCUT2D eigenvalue weighted by atomic mass is 16.5. The van der Waals surface area contributed by atoms with Gasteiger partial charge in [0.05, 0.1) is 25.7 Å². The van der Waals surface area contributed by atoms with Gasteiger partial charge in [0.25, 0.3) is 0 Å². The molecule has 0 aromatic heterocycles. The third-order valence-corrected chi connectivity index (χ3v) is 2.37. The Morgan fingerprint density at radius 3 is 2.33 bits per heavy atom. The van der Waals surface area contributed by atoms with Crippen LogP contribution in [0.25, 0.3) is 0 Å². The average Bonchev–Trinajstić information content (AvgIpc) is 2.35. The van der Waals surface area contributed by atoms with Crippen molar-refractivity contribution in [3.8, 4) is 6.07 Å². The second kappa shape index (κ2) is 12.1. The molecule has 0 aliphatic heterocycles. The fourth-order valence-electron chi connectivity index (χ4n) is 1.34. The van der Waals surface area contributed by atoms with Gasteiger partial charge in [0.15, 0.2) is 0 Å². The van der Waals surface area contributed by atoms with Crippen molar-refractivity contribution >= 4 is 5.97 Å². The molecule has 0 fully saturated rings. The van der Waals surface area contributed by atoms with Crippen molar-refractivity contribution in [3.05, 3.63) is 12.2 Å². The number of unbranched alkanes of at least 4 members (excludes halogenated alkanes) is 4. The van der Waals surface area contributed by atoms with Crippen LogP contribution in [0, 0.1) is 11.3 Å². The Morgan fingerprint density at radius 2 is 1.72 bits per heavy atom. The summed E-state index contributed by atoms with van der Waals surface area (Å²) in [5.41, 5.74) is 0.449. The Morgan fingerprint density at radius 1 is 1.11 bits per heavy atom. The van der Waals surface area contributed by atoms with Crippen LogP contribution < -0.4 is 0 Å². The minimum atomic E-state index is -0.305. The van der Waals surface area contributed by atoms with Gasteiger partial charge in [-0.25, -0.2) is 4.79 Å². The Labute approximate surface area is 110 Å². The first kappa shape index (κ1) is 16.7. The van der Waals surface area contributed by atoms with E-state index >= 15 is 0 Å². The fraction of sp³-hybridized carbons (Fsp3) is 0.714. The number of ether oxygens (including phenoxy) is 2.